The molecular formula is C19H29NO. The van der Waals surface area contributed by atoms with Crippen molar-refractivity contribution >= 4 is 0 Å². The van der Waals surface area contributed by atoms with Gasteiger partial charge in [0.2, 0.25) is 0 Å². The van der Waals surface area contributed by atoms with Crippen LogP contribution < -0.4 is 10.1 Å². The molecule has 0 spiro atoms. The Morgan fingerprint density at radius 2 is 2.05 bits per heavy atom. The number of methoxy groups -OCH3 is 1. The summed E-state index contributed by atoms with van der Waals surface area (Å²) >= 11 is 0. The summed E-state index contributed by atoms with van der Waals surface area (Å²) in [6.07, 6.45) is 6.69. The largest absolute Gasteiger partial charge is 0.496 e. The lowest BCUT2D eigenvalue weighted by Crippen LogP contribution is -2.35. The quantitative estimate of drug-likeness (QED) is 0.766. The van der Waals surface area contributed by atoms with Crippen LogP contribution in [0.15, 0.2) is 18.2 Å². The first-order valence-electron chi connectivity index (χ1n) is 8.50. The van der Waals surface area contributed by atoms with Gasteiger partial charge >= 0.3 is 0 Å². The van der Waals surface area contributed by atoms with Crippen molar-refractivity contribution in [2.75, 3.05) is 20.2 Å². The van der Waals surface area contributed by atoms with Crippen molar-refractivity contribution in [1.82, 2.24) is 5.32 Å². The molecule has 2 aliphatic carbocycles. The summed E-state index contributed by atoms with van der Waals surface area (Å²) in [5.74, 6) is 3.10. The molecule has 0 amide bonds. The molecule has 1 aromatic rings. The van der Waals surface area contributed by atoms with Gasteiger partial charge in [-0.3, -0.25) is 0 Å². The maximum atomic E-state index is 5.60. The number of benzene rings is 1. The molecular weight excluding hydrogens is 258 g/mol. The Morgan fingerprint density at radius 1 is 1.29 bits per heavy atom. The number of fused-ring (bicyclic) bond motifs is 1. The fourth-order valence-electron chi connectivity index (χ4n) is 4.34. The van der Waals surface area contributed by atoms with Crippen LogP contribution in [0.1, 0.15) is 43.7 Å². The van der Waals surface area contributed by atoms with E-state index >= 15 is 0 Å². The van der Waals surface area contributed by atoms with Crippen molar-refractivity contribution in [2.45, 2.75) is 46.0 Å². The minimum Gasteiger partial charge on any atom is -0.496 e. The standard InChI is InChI=1S/C19H29NO/c1-4-7-20-13-19(10-15-9-16(15)11-19)12-17-8-14(2)5-6-18(17)21-3/h5-6,8,15-16,20H,4,7,9-13H2,1-3H3. The van der Waals surface area contributed by atoms with E-state index in [0.717, 1.165) is 24.1 Å². The number of ether oxygens (including phenoxy) is 1. The second-order valence-electron chi connectivity index (χ2n) is 7.33. The van der Waals surface area contributed by atoms with E-state index in [-0.39, 0.29) is 0 Å². The highest BCUT2D eigenvalue weighted by atomic mass is 16.5. The fourth-order valence-corrected chi connectivity index (χ4v) is 4.34. The number of nitrogens with one attached hydrogen (secondary N) is 1. The van der Waals surface area contributed by atoms with Crippen molar-refractivity contribution in [1.29, 1.82) is 0 Å². The van der Waals surface area contributed by atoms with Gasteiger partial charge in [-0.1, -0.05) is 24.6 Å². The van der Waals surface area contributed by atoms with E-state index in [1.54, 1.807) is 7.11 Å². The van der Waals surface area contributed by atoms with Crippen LogP contribution in [0.25, 0.3) is 0 Å². The van der Waals surface area contributed by atoms with Gasteiger partial charge in [-0.25, -0.2) is 0 Å². The Hall–Kier alpha value is -1.02. The average molecular weight is 287 g/mol. The Morgan fingerprint density at radius 3 is 2.71 bits per heavy atom. The van der Waals surface area contributed by atoms with E-state index < -0.39 is 0 Å². The second kappa shape index (κ2) is 6.00. The van der Waals surface area contributed by atoms with Crippen molar-refractivity contribution in [2.24, 2.45) is 17.3 Å². The smallest absolute Gasteiger partial charge is 0.122 e. The van der Waals surface area contributed by atoms with Crippen LogP contribution in [0, 0.1) is 24.2 Å². The molecule has 2 nitrogen and oxygen atoms in total. The summed E-state index contributed by atoms with van der Waals surface area (Å²) in [4.78, 5) is 0. The van der Waals surface area contributed by atoms with E-state index in [1.165, 1.54) is 49.8 Å². The lowest BCUT2D eigenvalue weighted by molar-refractivity contribution is 0.245. The number of hydrogen-bond acceptors (Lipinski definition) is 2. The minimum atomic E-state index is 0.462. The van der Waals surface area contributed by atoms with E-state index in [0.29, 0.717) is 5.41 Å². The summed E-state index contributed by atoms with van der Waals surface area (Å²) in [5, 5.41) is 3.69. The highest BCUT2D eigenvalue weighted by molar-refractivity contribution is 5.38. The molecule has 0 saturated heterocycles. The van der Waals surface area contributed by atoms with Gasteiger partial charge < -0.3 is 10.1 Å². The zero-order valence-corrected chi connectivity index (χ0v) is 13.7. The highest BCUT2D eigenvalue weighted by Crippen LogP contribution is 2.60. The molecule has 1 aromatic carbocycles. The summed E-state index contributed by atoms with van der Waals surface area (Å²) in [6.45, 7) is 6.74. The lowest BCUT2D eigenvalue weighted by Gasteiger charge is -2.32. The molecule has 0 bridgehead atoms. The molecule has 2 unspecified atom stereocenters. The number of hydrogen-bond donors (Lipinski definition) is 1. The molecule has 21 heavy (non-hydrogen) atoms. The van der Waals surface area contributed by atoms with E-state index in [1.807, 2.05) is 0 Å². The summed E-state index contributed by atoms with van der Waals surface area (Å²) in [5.41, 5.74) is 3.20. The summed E-state index contributed by atoms with van der Waals surface area (Å²) in [7, 11) is 1.79. The zero-order chi connectivity index (χ0) is 14.9. The molecule has 2 saturated carbocycles. The predicted octanol–water partition coefficient (Wildman–Crippen LogP) is 3.96. The third-order valence-electron chi connectivity index (χ3n) is 5.39. The summed E-state index contributed by atoms with van der Waals surface area (Å²) in [6, 6.07) is 6.61. The molecule has 0 heterocycles. The highest BCUT2D eigenvalue weighted by Gasteiger charge is 2.53. The lowest BCUT2D eigenvalue weighted by atomic mass is 9.77. The second-order valence-corrected chi connectivity index (χ2v) is 7.33. The van der Waals surface area contributed by atoms with Gasteiger partial charge in [0, 0.05) is 6.54 Å². The maximum absolute atomic E-state index is 5.60. The first-order chi connectivity index (χ1) is 10.2. The molecule has 0 radical (unpaired) electrons. The monoisotopic (exact) mass is 287 g/mol. The molecule has 0 aliphatic heterocycles. The van der Waals surface area contributed by atoms with Gasteiger partial charge in [0.25, 0.3) is 0 Å². The maximum Gasteiger partial charge on any atom is 0.122 e. The average Bonchev–Trinajstić information content (AvgIpc) is 3.07. The first kappa shape index (κ1) is 14.9. The number of aryl methyl sites for hydroxylation is 1. The van der Waals surface area contributed by atoms with Gasteiger partial charge in [0.05, 0.1) is 7.11 Å². The van der Waals surface area contributed by atoms with Crippen LogP contribution in [-0.2, 0) is 6.42 Å². The van der Waals surface area contributed by atoms with E-state index in [2.05, 4.69) is 37.4 Å². The van der Waals surface area contributed by atoms with Crippen molar-refractivity contribution in [3.8, 4) is 5.75 Å². The van der Waals surface area contributed by atoms with Crippen LogP contribution in [0.3, 0.4) is 0 Å². The Balaban J connectivity index is 1.76. The van der Waals surface area contributed by atoms with Gasteiger partial charge in [0.1, 0.15) is 5.75 Å². The van der Waals surface area contributed by atoms with Crippen LogP contribution in [0.5, 0.6) is 5.75 Å². The zero-order valence-electron chi connectivity index (χ0n) is 13.7. The first-order valence-corrected chi connectivity index (χ1v) is 8.50. The Bertz CT molecular complexity index is 486. The summed E-state index contributed by atoms with van der Waals surface area (Å²) < 4.78 is 5.60. The van der Waals surface area contributed by atoms with Gasteiger partial charge in [0.15, 0.2) is 0 Å². The van der Waals surface area contributed by atoms with Crippen molar-refractivity contribution in [3.63, 3.8) is 0 Å². The molecule has 1 N–H and O–H groups in total. The SMILES string of the molecule is CCCNCC1(Cc2cc(C)ccc2OC)CC2CC2C1. The third kappa shape index (κ3) is 3.26. The van der Waals surface area contributed by atoms with Crippen LogP contribution in [-0.4, -0.2) is 20.2 Å². The van der Waals surface area contributed by atoms with Gasteiger partial charge in [-0.05, 0) is 74.5 Å². The molecule has 2 aliphatic rings. The van der Waals surface area contributed by atoms with Crippen molar-refractivity contribution in [3.05, 3.63) is 29.3 Å². The Labute approximate surface area is 129 Å². The normalized spacial score (nSPS) is 30.2. The number of rotatable bonds is 7. The molecule has 116 valence electrons. The topological polar surface area (TPSA) is 21.3 Å². The van der Waals surface area contributed by atoms with E-state index in [4.69, 9.17) is 4.74 Å². The minimum absolute atomic E-state index is 0.462. The fraction of sp³-hybridized carbons (Fsp3) is 0.684. The van der Waals surface area contributed by atoms with Crippen LogP contribution >= 0.6 is 0 Å². The third-order valence-corrected chi connectivity index (χ3v) is 5.39. The van der Waals surface area contributed by atoms with Crippen LogP contribution in [0.2, 0.25) is 0 Å². The molecule has 0 aromatic heterocycles. The predicted molar refractivity (Wildman–Crippen MR) is 87.9 cm³/mol. The van der Waals surface area contributed by atoms with Gasteiger partial charge in [-0.15, -0.1) is 0 Å². The molecule has 2 heteroatoms. The van der Waals surface area contributed by atoms with Crippen LogP contribution in [0.4, 0.5) is 0 Å². The molecule has 3 rings (SSSR count). The van der Waals surface area contributed by atoms with E-state index in [9.17, 15) is 0 Å². The molecule has 2 atom stereocenters. The molecule has 2 fully saturated rings. The Kier molecular flexibility index (Phi) is 4.26. The van der Waals surface area contributed by atoms with Gasteiger partial charge in [-0.2, -0.15) is 0 Å². The van der Waals surface area contributed by atoms with Crippen molar-refractivity contribution < 1.29 is 4.74 Å².